The van der Waals surface area contributed by atoms with Crippen LogP contribution in [0.2, 0.25) is 0 Å². The molecule has 5 rings (SSSR count). The van der Waals surface area contributed by atoms with Crippen LogP contribution in [0.15, 0.2) is 36.5 Å². The number of pyridine rings is 1. The highest BCUT2D eigenvalue weighted by atomic mass is 32.1. The van der Waals surface area contributed by atoms with Crippen LogP contribution in [0.25, 0.3) is 21.6 Å². The maximum Gasteiger partial charge on any atom is 0.187 e. The van der Waals surface area contributed by atoms with Gasteiger partial charge >= 0.3 is 0 Å². The summed E-state index contributed by atoms with van der Waals surface area (Å²) in [5.41, 5.74) is 3.22. The van der Waals surface area contributed by atoms with E-state index < -0.39 is 11.6 Å². The van der Waals surface area contributed by atoms with Crippen LogP contribution in [0.4, 0.5) is 13.9 Å². The van der Waals surface area contributed by atoms with E-state index in [1.807, 2.05) is 38.1 Å². The first-order valence-electron chi connectivity index (χ1n) is 10.7. The minimum absolute atomic E-state index is 0.0217. The van der Waals surface area contributed by atoms with E-state index in [1.165, 1.54) is 23.5 Å². The molecule has 1 aromatic carbocycles. The van der Waals surface area contributed by atoms with Crippen molar-refractivity contribution in [1.82, 2.24) is 19.9 Å². The van der Waals surface area contributed by atoms with Crippen molar-refractivity contribution in [2.45, 2.75) is 31.8 Å². The average molecular weight is 468 g/mol. The number of ether oxygens (including phenoxy) is 1. The molecule has 4 heterocycles. The second-order valence-electron chi connectivity index (χ2n) is 8.41. The first-order chi connectivity index (χ1) is 15.9. The van der Waals surface area contributed by atoms with Gasteiger partial charge in [-0.1, -0.05) is 11.3 Å². The Hall–Kier alpha value is -3.04. The molecular weight excluding hydrogens is 444 g/mol. The normalized spacial score (nSPS) is 18.6. The van der Waals surface area contributed by atoms with E-state index in [9.17, 15) is 8.78 Å². The predicted octanol–water partition coefficient (Wildman–Crippen LogP) is 5.44. The Morgan fingerprint density at radius 2 is 1.94 bits per heavy atom. The topological polar surface area (TPSA) is 64.0 Å². The quantitative estimate of drug-likeness (QED) is 0.398. The van der Waals surface area contributed by atoms with E-state index in [1.54, 1.807) is 6.20 Å². The number of thiazole rings is 1. The van der Waals surface area contributed by atoms with Crippen LogP contribution >= 0.6 is 11.3 Å². The number of nitrogens with zero attached hydrogens (tertiary/aromatic N) is 5. The summed E-state index contributed by atoms with van der Waals surface area (Å²) < 4.78 is 35.1. The molecule has 0 spiro atoms. The minimum atomic E-state index is -0.655. The Balaban J connectivity index is 1.59. The zero-order valence-electron chi connectivity index (χ0n) is 18.5. The van der Waals surface area contributed by atoms with Gasteiger partial charge in [0.25, 0.3) is 0 Å². The molecule has 4 aromatic rings. The number of fused-ring (bicyclic) bond motifs is 1. The summed E-state index contributed by atoms with van der Waals surface area (Å²) in [6.07, 6.45) is 3.14. The molecule has 0 N–H and O–H groups in total. The fraction of sp³-hybridized carbons (Fsp3) is 0.333. The van der Waals surface area contributed by atoms with Crippen LogP contribution in [0.1, 0.15) is 41.9 Å². The molecule has 0 unspecified atom stereocenters. The molecule has 1 fully saturated rings. The summed E-state index contributed by atoms with van der Waals surface area (Å²) in [6, 6.07) is 7.55. The highest BCUT2D eigenvalue weighted by Gasteiger charge is 2.29. The Kier molecular flexibility index (Phi) is 5.76. The SMILES string of the molecule is Cc1cc([C@H]2C[C@@H](c3nc(-c4ccc(F)cc4F)c4sc(N(C)C)nc4n3)CCO2)ccn1. The van der Waals surface area contributed by atoms with Gasteiger partial charge in [-0.05, 0) is 49.6 Å². The van der Waals surface area contributed by atoms with Gasteiger partial charge in [-0.2, -0.15) is 4.98 Å². The summed E-state index contributed by atoms with van der Waals surface area (Å²) in [6.45, 7) is 2.52. The van der Waals surface area contributed by atoms with Crippen LogP contribution in [0, 0.1) is 18.6 Å². The van der Waals surface area contributed by atoms with Gasteiger partial charge in [-0.25, -0.2) is 18.7 Å². The van der Waals surface area contributed by atoms with E-state index in [0.29, 0.717) is 34.9 Å². The van der Waals surface area contributed by atoms with E-state index in [4.69, 9.17) is 14.7 Å². The molecule has 1 aliphatic rings. The third kappa shape index (κ3) is 4.30. The molecule has 0 bridgehead atoms. The number of hydrogen-bond acceptors (Lipinski definition) is 7. The Bertz CT molecular complexity index is 1330. The molecule has 170 valence electrons. The molecule has 6 nitrogen and oxygen atoms in total. The molecule has 33 heavy (non-hydrogen) atoms. The zero-order chi connectivity index (χ0) is 23.1. The summed E-state index contributed by atoms with van der Waals surface area (Å²) in [4.78, 5) is 20.4. The van der Waals surface area contributed by atoms with E-state index in [2.05, 4.69) is 9.97 Å². The number of aromatic nitrogens is 4. The lowest BCUT2D eigenvalue weighted by Crippen LogP contribution is -2.20. The molecule has 1 saturated heterocycles. The van der Waals surface area contributed by atoms with Gasteiger partial charge in [0.05, 0.1) is 11.8 Å². The van der Waals surface area contributed by atoms with Crippen molar-refractivity contribution in [3.8, 4) is 11.3 Å². The monoisotopic (exact) mass is 467 g/mol. The summed E-state index contributed by atoms with van der Waals surface area (Å²) in [7, 11) is 3.79. The first kappa shape index (κ1) is 21.8. The van der Waals surface area contributed by atoms with Crippen molar-refractivity contribution in [2.75, 3.05) is 25.6 Å². The van der Waals surface area contributed by atoms with Gasteiger partial charge in [-0.3, -0.25) is 4.98 Å². The van der Waals surface area contributed by atoms with E-state index in [0.717, 1.165) is 28.9 Å². The summed E-state index contributed by atoms with van der Waals surface area (Å²) in [5.74, 6) is -0.651. The van der Waals surface area contributed by atoms with Crippen molar-refractivity contribution in [2.24, 2.45) is 0 Å². The predicted molar refractivity (Wildman–Crippen MR) is 125 cm³/mol. The van der Waals surface area contributed by atoms with Gasteiger partial charge < -0.3 is 9.64 Å². The molecule has 0 amide bonds. The molecule has 1 aliphatic heterocycles. The standard InChI is InChI=1S/C24H23F2N5OS/c1-13-10-14(6-8-27-13)19-11-15(7-9-32-19)22-28-20(17-5-4-16(25)12-18(17)26)21-23(29-22)30-24(33-21)31(2)3/h4-6,8,10,12,15,19H,7,9,11H2,1-3H3/t15-,19+/m0/s1. The Labute approximate surface area is 194 Å². The lowest BCUT2D eigenvalue weighted by atomic mass is 9.91. The number of hydrogen-bond donors (Lipinski definition) is 0. The van der Waals surface area contributed by atoms with Crippen LogP contribution in [0.5, 0.6) is 0 Å². The van der Waals surface area contributed by atoms with Gasteiger partial charge in [0.1, 0.15) is 22.2 Å². The van der Waals surface area contributed by atoms with Gasteiger partial charge in [0.2, 0.25) is 0 Å². The van der Waals surface area contributed by atoms with Gasteiger partial charge in [0.15, 0.2) is 10.8 Å². The van der Waals surface area contributed by atoms with Crippen LogP contribution in [-0.4, -0.2) is 40.6 Å². The Morgan fingerprint density at radius 3 is 2.70 bits per heavy atom. The van der Waals surface area contributed by atoms with Crippen molar-refractivity contribution < 1.29 is 13.5 Å². The first-order valence-corrected chi connectivity index (χ1v) is 11.6. The molecule has 9 heteroatoms. The summed E-state index contributed by atoms with van der Waals surface area (Å²) in [5, 5.41) is 0.748. The average Bonchev–Trinajstić information content (AvgIpc) is 3.24. The minimum Gasteiger partial charge on any atom is -0.373 e. The lowest BCUT2D eigenvalue weighted by molar-refractivity contribution is 0.00394. The number of aryl methyl sites for hydroxylation is 1. The third-order valence-corrected chi connectivity index (χ3v) is 6.99. The Morgan fingerprint density at radius 1 is 1.09 bits per heavy atom. The van der Waals surface area contributed by atoms with E-state index >= 15 is 0 Å². The number of anilines is 1. The highest BCUT2D eigenvalue weighted by molar-refractivity contribution is 7.22. The number of benzene rings is 1. The molecule has 0 aliphatic carbocycles. The maximum absolute atomic E-state index is 14.8. The molecule has 2 atom stereocenters. The van der Waals surface area contributed by atoms with E-state index in [-0.39, 0.29) is 17.6 Å². The smallest absolute Gasteiger partial charge is 0.187 e. The van der Waals surface area contributed by atoms with Gasteiger partial charge in [0, 0.05) is 50.1 Å². The van der Waals surface area contributed by atoms with Gasteiger partial charge in [-0.15, -0.1) is 0 Å². The largest absolute Gasteiger partial charge is 0.373 e. The second-order valence-corrected chi connectivity index (χ2v) is 9.39. The second kappa shape index (κ2) is 8.72. The zero-order valence-corrected chi connectivity index (χ0v) is 19.4. The maximum atomic E-state index is 14.8. The fourth-order valence-electron chi connectivity index (χ4n) is 4.10. The number of rotatable bonds is 4. The van der Waals surface area contributed by atoms with Crippen LogP contribution < -0.4 is 4.90 Å². The molecular formula is C24H23F2N5OS. The van der Waals surface area contributed by atoms with Crippen LogP contribution in [-0.2, 0) is 4.74 Å². The van der Waals surface area contributed by atoms with Crippen molar-refractivity contribution in [3.05, 3.63) is 65.2 Å². The lowest BCUT2D eigenvalue weighted by Gasteiger charge is -2.29. The fourth-order valence-corrected chi connectivity index (χ4v) is 5.03. The van der Waals surface area contributed by atoms with Crippen molar-refractivity contribution in [3.63, 3.8) is 0 Å². The highest BCUT2D eigenvalue weighted by Crippen LogP contribution is 2.40. The molecule has 0 radical (unpaired) electrons. The van der Waals surface area contributed by atoms with Crippen molar-refractivity contribution in [1.29, 1.82) is 0 Å². The van der Waals surface area contributed by atoms with Crippen molar-refractivity contribution >= 4 is 26.8 Å². The van der Waals surface area contributed by atoms with Crippen LogP contribution in [0.3, 0.4) is 0 Å². The third-order valence-electron chi connectivity index (χ3n) is 5.77. The molecule has 3 aromatic heterocycles. The molecule has 0 saturated carbocycles. The summed E-state index contributed by atoms with van der Waals surface area (Å²) >= 11 is 1.39. The number of halogens is 2.